The van der Waals surface area contributed by atoms with Crippen LogP contribution in [-0.4, -0.2) is 34.0 Å². The van der Waals surface area contributed by atoms with Gasteiger partial charge in [0.1, 0.15) is 6.33 Å². The Balaban J connectivity index is 2.05. The summed E-state index contributed by atoms with van der Waals surface area (Å²) in [5.41, 5.74) is 1.20. The molecule has 3 heteroatoms. The van der Waals surface area contributed by atoms with E-state index in [0.29, 0.717) is 12.0 Å². The standard InChI is InChI=1S/C12H19N3/c1-10(2)15-7-3-4-11(8-15)12-5-6-13-9-14-12/h5-6,9-11H,3-4,7-8H2,1-2H3/t11-/m1/s1. The Kier molecular flexibility index (Phi) is 3.31. The van der Waals surface area contributed by atoms with Crippen LogP contribution in [0.15, 0.2) is 18.6 Å². The molecule has 0 N–H and O–H groups in total. The molecule has 82 valence electrons. The van der Waals surface area contributed by atoms with E-state index in [1.807, 2.05) is 6.20 Å². The van der Waals surface area contributed by atoms with Crippen molar-refractivity contribution in [2.75, 3.05) is 13.1 Å². The van der Waals surface area contributed by atoms with Gasteiger partial charge >= 0.3 is 0 Å². The molecule has 0 amide bonds. The fourth-order valence-electron chi connectivity index (χ4n) is 2.26. The molecule has 3 nitrogen and oxygen atoms in total. The van der Waals surface area contributed by atoms with E-state index in [2.05, 4.69) is 34.8 Å². The van der Waals surface area contributed by atoms with Gasteiger partial charge in [0.2, 0.25) is 0 Å². The van der Waals surface area contributed by atoms with Gasteiger partial charge in [-0.1, -0.05) is 0 Å². The number of hydrogen-bond acceptors (Lipinski definition) is 3. The second-order valence-corrected chi connectivity index (χ2v) is 4.56. The number of nitrogens with zero attached hydrogens (tertiary/aromatic N) is 3. The van der Waals surface area contributed by atoms with Gasteiger partial charge in [-0.25, -0.2) is 9.97 Å². The molecule has 0 aromatic carbocycles. The average molecular weight is 205 g/mol. The van der Waals surface area contributed by atoms with Crippen LogP contribution in [0.1, 0.15) is 38.3 Å². The van der Waals surface area contributed by atoms with Crippen LogP contribution in [0.4, 0.5) is 0 Å². The van der Waals surface area contributed by atoms with Gasteiger partial charge in [0.05, 0.1) is 0 Å². The summed E-state index contributed by atoms with van der Waals surface area (Å²) >= 11 is 0. The summed E-state index contributed by atoms with van der Waals surface area (Å²) in [6.07, 6.45) is 6.05. The number of piperidine rings is 1. The Hall–Kier alpha value is -0.960. The summed E-state index contributed by atoms with van der Waals surface area (Å²) < 4.78 is 0. The van der Waals surface area contributed by atoms with Crippen LogP contribution in [0.25, 0.3) is 0 Å². The van der Waals surface area contributed by atoms with Crippen molar-refractivity contribution < 1.29 is 0 Å². The minimum Gasteiger partial charge on any atom is -0.300 e. The Morgan fingerprint density at radius 1 is 1.47 bits per heavy atom. The van der Waals surface area contributed by atoms with Gasteiger partial charge in [0.15, 0.2) is 0 Å². The van der Waals surface area contributed by atoms with Crippen molar-refractivity contribution in [2.45, 2.75) is 38.6 Å². The van der Waals surface area contributed by atoms with E-state index >= 15 is 0 Å². The zero-order valence-corrected chi connectivity index (χ0v) is 9.56. The lowest BCUT2D eigenvalue weighted by Gasteiger charge is -2.35. The molecule has 2 rings (SSSR count). The summed E-state index contributed by atoms with van der Waals surface area (Å²) in [4.78, 5) is 10.9. The third kappa shape index (κ3) is 2.53. The maximum Gasteiger partial charge on any atom is 0.115 e. The highest BCUT2D eigenvalue weighted by atomic mass is 15.2. The van der Waals surface area contributed by atoms with E-state index < -0.39 is 0 Å². The first-order valence-electron chi connectivity index (χ1n) is 5.77. The van der Waals surface area contributed by atoms with E-state index in [9.17, 15) is 0 Å². The van der Waals surface area contributed by atoms with Gasteiger partial charge in [-0.2, -0.15) is 0 Å². The SMILES string of the molecule is CC(C)N1CCC[C@@H](c2ccncn2)C1. The van der Waals surface area contributed by atoms with Crippen molar-refractivity contribution in [3.8, 4) is 0 Å². The summed E-state index contributed by atoms with van der Waals surface area (Å²) in [5.74, 6) is 0.601. The largest absolute Gasteiger partial charge is 0.300 e. The molecule has 1 aliphatic heterocycles. The van der Waals surface area contributed by atoms with Gasteiger partial charge in [-0.3, -0.25) is 0 Å². The molecule has 1 saturated heterocycles. The van der Waals surface area contributed by atoms with Crippen LogP contribution < -0.4 is 0 Å². The maximum absolute atomic E-state index is 4.36. The van der Waals surface area contributed by atoms with E-state index in [1.165, 1.54) is 25.1 Å². The van der Waals surface area contributed by atoms with Crippen molar-refractivity contribution in [1.82, 2.24) is 14.9 Å². The summed E-state index contributed by atoms with van der Waals surface area (Å²) in [6, 6.07) is 2.70. The summed E-state index contributed by atoms with van der Waals surface area (Å²) in [5, 5.41) is 0. The molecule has 0 bridgehead atoms. The molecule has 1 aliphatic rings. The third-order valence-electron chi connectivity index (χ3n) is 3.21. The van der Waals surface area contributed by atoms with Gasteiger partial charge in [0, 0.05) is 30.4 Å². The number of rotatable bonds is 2. The van der Waals surface area contributed by atoms with Gasteiger partial charge in [-0.15, -0.1) is 0 Å². The molecule has 0 radical (unpaired) electrons. The monoisotopic (exact) mass is 205 g/mol. The minimum absolute atomic E-state index is 0.601. The van der Waals surface area contributed by atoms with E-state index in [0.717, 1.165) is 6.54 Å². The molecule has 15 heavy (non-hydrogen) atoms. The zero-order valence-electron chi connectivity index (χ0n) is 9.56. The quantitative estimate of drug-likeness (QED) is 0.740. The average Bonchev–Trinajstić information content (AvgIpc) is 2.30. The van der Waals surface area contributed by atoms with Crippen LogP contribution in [0.5, 0.6) is 0 Å². The van der Waals surface area contributed by atoms with Gasteiger partial charge < -0.3 is 4.90 Å². The maximum atomic E-state index is 4.36. The minimum atomic E-state index is 0.601. The summed E-state index contributed by atoms with van der Waals surface area (Å²) in [7, 11) is 0. The van der Waals surface area contributed by atoms with E-state index in [4.69, 9.17) is 0 Å². The molecular formula is C12H19N3. The fraction of sp³-hybridized carbons (Fsp3) is 0.667. The van der Waals surface area contributed by atoms with E-state index in [-0.39, 0.29) is 0 Å². The molecule has 1 aromatic rings. The van der Waals surface area contributed by atoms with Crippen molar-refractivity contribution in [3.05, 3.63) is 24.3 Å². The Bertz CT molecular complexity index is 297. The van der Waals surface area contributed by atoms with Crippen LogP contribution >= 0.6 is 0 Å². The number of aromatic nitrogens is 2. The van der Waals surface area contributed by atoms with Crippen LogP contribution in [0.3, 0.4) is 0 Å². The Labute approximate surface area is 91.5 Å². The molecule has 0 spiro atoms. The first-order valence-corrected chi connectivity index (χ1v) is 5.77. The van der Waals surface area contributed by atoms with E-state index in [1.54, 1.807) is 6.33 Å². The highest BCUT2D eigenvalue weighted by molar-refractivity contribution is 5.07. The smallest absolute Gasteiger partial charge is 0.115 e. The lowest BCUT2D eigenvalue weighted by molar-refractivity contribution is 0.166. The lowest BCUT2D eigenvalue weighted by Crippen LogP contribution is -2.39. The van der Waals surface area contributed by atoms with Gasteiger partial charge in [0.25, 0.3) is 0 Å². The van der Waals surface area contributed by atoms with Crippen molar-refractivity contribution in [3.63, 3.8) is 0 Å². The lowest BCUT2D eigenvalue weighted by atomic mass is 9.94. The summed E-state index contributed by atoms with van der Waals surface area (Å²) in [6.45, 7) is 6.92. The fourth-order valence-corrected chi connectivity index (χ4v) is 2.26. The molecule has 2 heterocycles. The zero-order chi connectivity index (χ0) is 10.7. The molecule has 1 aromatic heterocycles. The van der Waals surface area contributed by atoms with Crippen LogP contribution in [0.2, 0.25) is 0 Å². The topological polar surface area (TPSA) is 29.0 Å². The number of likely N-dealkylation sites (tertiary alicyclic amines) is 1. The molecule has 0 unspecified atom stereocenters. The van der Waals surface area contributed by atoms with Crippen LogP contribution in [-0.2, 0) is 0 Å². The second kappa shape index (κ2) is 4.71. The molecule has 0 aliphatic carbocycles. The first-order chi connectivity index (χ1) is 7.27. The second-order valence-electron chi connectivity index (χ2n) is 4.56. The number of hydrogen-bond donors (Lipinski definition) is 0. The van der Waals surface area contributed by atoms with Crippen molar-refractivity contribution >= 4 is 0 Å². The molecule has 1 atom stereocenters. The Morgan fingerprint density at radius 3 is 3.00 bits per heavy atom. The first kappa shape index (κ1) is 10.6. The van der Waals surface area contributed by atoms with Crippen molar-refractivity contribution in [1.29, 1.82) is 0 Å². The van der Waals surface area contributed by atoms with Gasteiger partial charge in [-0.05, 0) is 39.3 Å². The molecule has 1 fully saturated rings. The molecule has 0 saturated carbocycles. The predicted molar refractivity (Wildman–Crippen MR) is 60.7 cm³/mol. The van der Waals surface area contributed by atoms with Crippen molar-refractivity contribution in [2.24, 2.45) is 0 Å². The normalized spacial score (nSPS) is 23.3. The highest BCUT2D eigenvalue weighted by Crippen LogP contribution is 2.25. The third-order valence-corrected chi connectivity index (χ3v) is 3.21. The Morgan fingerprint density at radius 2 is 2.33 bits per heavy atom. The molecular weight excluding hydrogens is 186 g/mol. The highest BCUT2D eigenvalue weighted by Gasteiger charge is 2.23. The van der Waals surface area contributed by atoms with Crippen LogP contribution in [0, 0.1) is 0 Å². The predicted octanol–water partition coefficient (Wildman–Crippen LogP) is 2.06.